The number of nitrogens with one attached hydrogen (secondary N) is 2. The van der Waals surface area contributed by atoms with Gasteiger partial charge in [0.2, 0.25) is 5.91 Å². The number of carbonyl (C=O) groups excluding carboxylic acids is 2. The first-order valence-electron chi connectivity index (χ1n) is 9.55. The Bertz CT molecular complexity index is 1190. The molecule has 0 saturated heterocycles. The van der Waals surface area contributed by atoms with E-state index in [9.17, 15) is 27.2 Å². The van der Waals surface area contributed by atoms with Crippen molar-refractivity contribution in [3.8, 4) is 0 Å². The molecule has 3 rings (SSSR count). The molecule has 3 aromatic rings. The summed E-state index contributed by atoms with van der Waals surface area (Å²) < 4.78 is 52.6. The highest BCUT2D eigenvalue weighted by Crippen LogP contribution is 2.34. The number of hydrogen-bond acceptors (Lipinski definition) is 3. The van der Waals surface area contributed by atoms with E-state index in [1.54, 1.807) is 37.3 Å². The Morgan fingerprint density at radius 1 is 0.970 bits per heavy atom. The van der Waals surface area contributed by atoms with Crippen LogP contribution in [0.25, 0.3) is 0 Å². The molecule has 4 nitrogen and oxygen atoms in total. The number of hydrogen-bond donors (Lipinski definition) is 2. The number of rotatable bonds is 6. The summed E-state index contributed by atoms with van der Waals surface area (Å²) in [6.45, 7) is 1.58. The third-order valence-electron chi connectivity index (χ3n) is 4.44. The molecule has 0 aliphatic carbocycles. The molecule has 0 aromatic heterocycles. The van der Waals surface area contributed by atoms with Crippen molar-refractivity contribution in [2.45, 2.75) is 23.2 Å². The summed E-state index contributed by atoms with van der Waals surface area (Å²) in [5.41, 5.74) is -0.793. The van der Waals surface area contributed by atoms with E-state index >= 15 is 0 Å². The van der Waals surface area contributed by atoms with E-state index in [1.165, 1.54) is 18.2 Å². The van der Waals surface area contributed by atoms with Gasteiger partial charge in [-0.3, -0.25) is 9.59 Å². The Kier molecular flexibility index (Phi) is 7.65. The Balaban J connectivity index is 1.67. The molecule has 172 valence electrons. The molecular formula is C23H17ClF4N2O2S. The van der Waals surface area contributed by atoms with Gasteiger partial charge >= 0.3 is 6.18 Å². The fourth-order valence-electron chi connectivity index (χ4n) is 2.78. The first-order chi connectivity index (χ1) is 15.5. The molecule has 0 saturated carbocycles. The highest BCUT2D eigenvalue weighted by atomic mass is 35.5. The van der Waals surface area contributed by atoms with Crippen LogP contribution in [-0.2, 0) is 11.0 Å². The van der Waals surface area contributed by atoms with Gasteiger partial charge in [0.1, 0.15) is 5.82 Å². The maximum atomic E-state index is 13.8. The number of halogens is 5. The standard InChI is InChI=1S/C23H17ClF4N2O2S/c1-13(21(31)30-20-11-14(23(26,27)28)9-10-18(20)24)33-16-6-4-5-15(12-16)29-22(32)17-7-2-3-8-19(17)25/h2-13H,1H3,(H,29,32)(H,30,31). The number of thioether (sulfide) groups is 1. The lowest BCUT2D eigenvalue weighted by molar-refractivity contribution is -0.137. The van der Waals surface area contributed by atoms with Crippen molar-refractivity contribution in [3.05, 3.63) is 88.7 Å². The van der Waals surface area contributed by atoms with E-state index in [-0.39, 0.29) is 16.3 Å². The SMILES string of the molecule is CC(Sc1cccc(NC(=O)c2ccccc2F)c1)C(=O)Nc1cc(C(F)(F)F)ccc1Cl. The number of benzene rings is 3. The van der Waals surface area contributed by atoms with E-state index < -0.39 is 34.6 Å². The normalized spacial score (nSPS) is 12.2. The Morgan fingerprint density at radius 2 is 1.70 bits per heavy atom. The summed E-state index contributed by atoms with van der Waals surface area (Å²) >= 11 is 7.05. The Morgan fingerprint density at radius 3 is 2.39 bits per heavy atom. The molecule has 2 N–H and O–H groups in total. The number of amides is 2. The molecule has 0 fully saturated rings. The van der Waals surface area contributed by atoms with Crippen molar-refractivity contribution in [1.29, 1.82) is 0 Å². The number of alkyl halides is 3. The third kappa shape index (κ3) is 6.49. The van der Waals surface area contributed by atoms with Gasteiger partial charge in [-0.1, -0.05) is 29.8 Å². The first-order valence-corrected chi connectivity index (χ1v) is 10.8. The van der Waals surface area contributed by atoms with Crippen molar-refractivity contribution in [2.75, 3.05) is 10.6 Å². The van der Waals surface area contributed by atoms with Crippen molar-refractivity contribution < 1.29 is 27.2 Å². The van der Waals surface area contributed by atoms with Gasteiger partial charge in [0, 0.05) is 10.6 Å². The molecule has 0 radical (unpaired) electrons. The van der Waals surface area contributed by atoms with Crippen LogP contribution in [0.15, 0.2) is 71.6 Å². The van der Waals surface area contributed by atoms with Crippen molar-refractivity contribution in [1.82, 2.24) is 0 Å². The fraction of sp³-hybridized carbons (Fsp3) is 0.130. The number of anilines is 2. The molecule has 0 aliphatic rings. The van der Waals surface area contributed by atoms with Crippen LogP contribution in [0.1, 0.15) is 22.8 Å². The van der Waals surface area contributed by atoms with Crippen LogP contribution in [-0.4, -0.2) is 17.1 Å². The van der Waals surface area contributed by atoms with Crippen LogP contribution < -0.4 is 10.6 Å². The first kappa shape index (κ1) is 24.6. The van der Waals surface area contributed by atoms with Crippen LogP contribution in [0.5, 0.6) is 0 Å². The summed E-state index contributed by atoms with van der Waals surface area (Å²) in [4.78, 5) is 25.4. The lowest BCUT2D eigenvalue weighted by Crippen LogP contribution is -2.23. The lowest BCUT2D eigenvalue weighted by atomic mass is 10.2. The van der Waals surface area contributed by atoms with E-state index in [4.69, 9.17) is 11.6 Å². The molecule has 0 aliphatic heterocycles. The molecule has 0 heterocycles. The van der Waals surface area contributed by atoms with Gasteiger partial charge in [0.05, 0.1) is 27.1 Å². The predicted octanol–water partition coefficient (Wildman–Crippen LogP) is 6.87. The van der Waals surface area contributed by atoms with Crippen LogP contribution >= 0.6 is 23.4 Å². The maximum Gasteiger partial charge on any atom is 0.416 e. The average molecular weight is 497 g/mol. The molecule has 3 aromatic carbocycles. The van der Waals surface area contributed by atoms with Crippen LogP contribution in [0.3, 0.4) is 0 Å². The molecular weight excluding hydrogens is 480 g/mol. The van der Waals surface area contributed by atoms with Gasteiger partial charge in [0.25, 0.3) is 5.91 Å². The van der Waals surface area contributed by atoms with E-state index in [0.717, 1.165) is 30.0 Å². The third-order valence-corrected chi connectivity index (χ3v) is 5.87. The number of carbonyl (C=O) groups is 2. The Hall–Kier alpha value is -3.04. The van der Waals surface area contributed by atoms with Gasteiger partial charge in [-0.15, -0.1) is 11.8 Å². The zero-order valence-electron chi connectivity index (χ0n) is 17.0. The highest BCUT2D eigenvalue weighted by molar-refractivity contribution is 8.00. The van der Waals surface area contributed by atoms with Crippen molar-refractivity contribution in [2.24, 2.45) is 0 Å². The van der Waals surface area contributed by atoms with Gasteiger partial charge in [-0.05, 0) is 55.5 Å². The van der Waals surface area contributed by atoms with Gasteiger partial charge in [-0.25, -0.2) is 4.39 Å². The fourth-order valence-corrected chi connectivity index (χ4v) is 3.87. The van der Waals surface area contributed by atoms with Gasteiger partial charge < -0.3 is 10.6 Å². The second-order valence-corrected chi connectivity index (χ2v) is 8.72. The zero-order chi connectivity index (χ0) is 24.2. The molecule has 2 amide bonds. The largest absolute Gasteiger partial charge is 0.416 e. The van der Waals surface area contributed by atoms with Crippen LogP contribution in [0, 0.1) is 5.82 Å². The quantitative estimate of drug-likeness (QED) is 0.289. The maximum absolute atomic E-state index is 13.8. The van der Waals surface area contributed by atoms with E-state index in [1.807, 2.05) is 0 Å². The zero-order valence-corrected chi connectivity index (χ0v) is 18.6. The summed E-state index contributed by atoms with van der Waals surface area (Å²) in [5, 5.41) is 4.28. The minimum absolute atomic E-state index is 0.0218. The topological polar surface area (TPSA) is 58.2 Å². The minimum Gasteiger partial charge on any atom is -0.324 e. The smallest absolute Gasteiger partial charge is 0.324 e. The molecule has 10 heteroatoms. The molecule has 1 unspecified atom stereocenters. The second-order valence-electron chi connectivity index (χ2n) is 6.90. The van der Waals surface area contributed by atoms with Gasteiger partial charge in [0.15, 0.2) is 0 Å². The molecule has 33 heavy (non-hydrogen) atoms. The summed E-state index contributed by atoms with van der Waals surface area (Å²) in [5.74, 6) is -1.83. The van der Waals surface area contributed by atoms with E-state index in [2.05, 4.69) is 10.6 Å². The molecule has 1 atom stereocenters. The molecule has 0 spiro atoms. The van der Waals surface area contributed by atoms with Crippen LogP contribution in [0.4, 0.5) is 28.9 Å². The van der Waals surface area contributed by atoms with Crippen LogP contribution in [0.2, 0.25) is 5.02 Å². The van der Waals surface area contributed by atoms with Crippen molar-refractivity contribution >= 4 is 46.6 Å². The summed E-state index contributed by atoms with van der Waals surface area (Å²) in [7, 11) is 0. The highest BCUT2D eigenvalue weighted by Gasteiger charge is 2.31. The Labute approximate surface area is 196 Å². The lowest BCUT2D eigenvalue weighted by Gasteiger charge is -2.15. The molecule has 0 bridgehead atoms. The predicted molar refractivity (Wildman–Crippen MR) is 121 cm³/mol. The monoisotopic (exact) mass is 496 g/mol. The average Bonchev–Trinajstić information content (AvgIpc) is 2.75. The van der Waals surface area contributed by atoms with Crippen molar-refractivity contribution in [3.63, 3.8) is 0 Å². The minimum atomic E-state index is -4.57. The summed E-state index contributed by atoms with van der Waals surface area (Å²) in [6.07, 6.45) is -4.57. The summed E-state index contributed by atoms with van der Waals surface area (Å²) in [6, 6.07) is 14.8. The second kappa shape index (κ2) is 10.3. The van der Waals surface area contributed by atoms with E-state index in [0.29, 0.717) is 10.6 Å². The van der Waals surface area contributed by atoms with Gasteiger partial charge in [-0.2, -0.15) is 13.2 Å².